The van der Waals surface area contributed by atoms with Gasteiger partial charge in [0, 0.05) is 17.8 Å². The molecule has 1 spiro atoms. The molecule has 1 unspecified atom stereocenters. The normalized spacial score (nSPS) is 35.9. The first kappa shape index (κ1) is 8.10. The summed E-state index contributed by atoms with van der Waals surface area (Å²) >= 11 is 0. The van der Waals surface area contributed by atoms with E-state index in [1.807, 2.05) is 0 Å². The highest BCUT2D eigenvalue weighted by atomic mass is 16.7. The van der Waals surface area contributed by atoms with Gasteiger partial charge in [0.2, 0.25) is 0 Å². The lowest BCUT2D eigenvalue weighted by molar-refractivity contribution is -0.304. The van der Waals surface area contributed by atoms with Crippen LogP contribution >= 0.6 is 0 Å². The molecule has 12 heavy (non-hydrogen) atoms. The number of hydrogen-bond donors (Lipinski definition) is 0. The Morgan fingerprint density at radius 1 is 1.33 bits per heavy atom. The Hall–Kier alpha value is -0.520. The lowest BCUT2D eigenvalue weighted by Crippen LogP contribution is -2.60. The summed E-state index contributed by atoms with van der Waals surface area (Å²) in [7, 11) is 0. The second kappa shape index (κ2) is 2.25. The highest BCUT2D eigenvalue weighted by Crippen LogP contribution is 2.58. The van der Waals surface area contributed by atoms with Crippen LogP contribution in [-0.4, -0.2) is 19.0 Å². The molecular weight excluding hydrogens is 152 g/mol. The van der Waals surface area contributed by atoms with Gasteiger partial charge in [-0.05, 0) is 0 Å². The number of hydrogen-bond acceptors (Lipinski definition) is 2. The summed E-state index contributed by atoms with van der Waals surface area (Å²) in [6, 6.07) is 0. The Labute approximate surface area is 73.2 Å². The average molecular weight is 166 g/mol. The zero-order valence-corrected chi connectivity index (χ0v) is 7.59. The van der Waals surface area contributed by atoms with Gasteiger partial charge in [-0.3, -0.25) is 0 Å². The van der Waals surface area contributed by atoms with Crippen molar-refractivity contribution in [1.29, 1.82) is 0 Å². The van der Waals surface area contributed by atoms with Crippen LogP contribution in [0, 0.1) is 23.7 Å². The van der Waals surface area contributed by atoms with Gasteiger partial charge in [0.15, 0.2) is 5.79 Å². The van der Waals surface area contributed by atoms with E-state index in [0.717, 1.165) is 6.42 Å². The van der Waals surface area contributed by atoms with Gasteiger partial charge >= 0.3 is 0 Å². The lowest BCUT2D eigenvalue weighted by atomic mass is 9.57. The third kappa shape index (κ3) is 0.734. The quantitative estimate of drug-likeness (QED) is 0.506. The van der Waals surface area contributed by atoms with Gasteiger partial charge in [-0.25, -0.2) is 0 Å². The van der Waals surface area contributed by atoms with Crippen molar-refractivity contribution in [2.75, 3.05) is 13.2 Å². The summed E-state index contributed by atoms with van der Waals surface area (Å²) in [6.45, 7) is 5.65. The van der Waals surface area contributed by atoms with Crippen LogP contribution in [0.5, 0.6) is 0 Å². The van der Waals surface area contributed by atoms with E-state index in [9.17, 15) is 0 Å². The molecule has 2 nitrogen and oxygen atoms in total. The third-order valence-corrected chi connectivity index (χ3v) is 3.28. The van der Waals surface area contributed by atoms with E-state index in [2.05, 4.69) is 19.8 Å². The van der Waals surface area contributed by atoms with Crippen LogP contribution in [-0.2, 0) is 9.47 Å². The Balaban J connectivity index is 2.19. The van der Waals surface area contributed by atoms with Gasteiger partial charge in [-0.2, -0.15) is 0 Å². The average Bonchev–Trinajstić information content (AvgIpc) is 2.50. The van der Waals surface area contributed by atoms with Crippen molar-refractivity contribution in [3.63, 3.8) is 0 Å². The second-order valence-corrected chi connectivity index (χ2v) is 4.09. The van der Waals surface area contributed by atoms with Crippen LogP contribution in [0.2, 0.25) is 0 Å². The lowest BCUT2D eigenvalue weighted by Gasteiger charge is -2.55. The van der Waals surface area contributed by atoms with E-state index in [1.165, 1.54) is 0 Å². The minimum Gasteiger partial charge on any atom is -0.347 e. The number of rotatable bonds is 0. The van der Waals surface area contributed by atoms with Crippen molar-refractivity contribution in [1.82, 2.24) is 0 Å². The Kier molecular flexibility index (Phi) is 1.51. The summed E-state index contributed by atoms with van der Waals surface area (Å²) in [5.74, 6) is 2.73. The summed E-state index contributed by atoms with van der Waals surface area (Å²) in [6.07, 6.45) is 6.26. The van der Waals surface area contributed by atoms with Crippen molar-refractivity contribution in [2.24, 2.45) is 11.3 Å². The van der Waals surface area contributed by atoms with E-state index >= 15 is 0 Å². The third-order valence-electron chi connectivity index (χ3n) is 3.28. The molecule has 0 aromatic carbocycles. The maximum atomic E-state index is 5.61. The molecule has 0 aromatic heterocycles. The smallest absolute Gasteiger partial charge is 0.175 e. The SMILES string of the molecule is C#CC1CC2(OCCO2)C1(C)C. The summed E-state index contributed by atoms with van der Waals surface area (Å²) in [5.41, 5.74) is -0.0156. The summed E-state index contributed by atoms with van der Waals surface area (Å²) < 4.78 is 11.2. The predicted molar refractivity (Wildman–Crippen MR) is 45.4 cm³/mol. The second-order valence-electron chi connectivity index (χ2n) is 4.09. The molecule has 1 saturated heterocycles. The van der Waals surface area contributed by atoms with Gasteiger partial charge in [0.05, 0.1) is 13.2 Å². The molecule has 1 aliphatic carbocycles. The van der Waals surface area contributed by atoms with Crippen LogP contribution in [0.3, 0.4) is 0 Å². The summed E-state index contributed by atoms with van der Waals surface area (Å²) in [5, 5.41) is 0. The van der Waals surface area contributed by atoms with E-state index in [1.54, 1.807) is 0 Å². The van der Waals surface area contributed by atoms with Crippen LogP contribution in [0.4, 0.5) is 0 Å². The zero-order valence-electron chi connectivity index (χ0n) is 7.59. The molecule has 1 aliphatic heterocycles. The fourth-order valence-electron chi connectivity index (χ4n) is 2.13. The molecular formula is C10H14O2. The monoisotopic (exact) mass is 166 g/mol. The van der Waals surface area contributed by atoms with Crippen LogP contribution in [0.25, 0.3) is 0 Å². The highest BCUT2D eigenvalue weighted by Gasteiger charge is 2.63. The first-order chi connectivity index (χ1) is 5.62. The van der Waals surface area contributed by atoms with Crippen molar-refractivity contribution in [2.45, 2.75) is 26.1 Å². The maximum absolute atomic E-state index is 5.61. The molecule has 1 saturated carbocycles. The Morgan fingerprint density at radius 2 is 1.92 bits per heavy atom. The Bertz CT molecular complexity index is 231. The topological polar surface area (TPSA) is 18.5 Å². The molecule has 0 radical (unpaired) electrons. The summed E-state index contributed by atoms with van der Waals surface area (Å²) in [4.78, 5) is 0. The standard InChI is InChI=1S/C10H14O2/c1-4-8-7-10(9(8,2)3)11-5-6-12-10/h1,8H,5-7H2,2-3H3. The van der Waals surface area contributed by atoms with Crippen LogP contribution in [0.15, 0.2) is 0 Å². The molecule has 2 fully saturated rings. The van der Waals surface area contributed by atoms with Crippen molar-refractivity contribution >= 4 is 0 Å². The van der Waals surface area contributed by atoms with Crippen molar-refractivity contribution in [3.8, 4) is 12.3 Å². The molecule has 2 aliphatic rings. The molecule has 2 rings (SSSR count). The minimum absolute atomic E-state index is 0.0156. The number of ether oxygens (including phenoxy) is 2. The van der Waals surface area contributed by atoms with Gasteiger partial charge in [-0.15, -0.1) is 12.3 Å². The fraction of sp³-hybridized carbons (Fsp3) is 0.800. The van der Waals surface area contributed by atoms with Crippen molar-refractivity contribution < 1.29 is 9.47 Å². The fourth-order valence-corrected chi connectivity index (χ4v) is 2.13. The molecule has 2 heteroatoms. The molecule has 1 atom stereocenters. The number of terminal acetylenes is 1. The van der Waals surface area contributed by atoms with Gasteiger partial charge in [0.1, 0.15) is 0 Å². The molecule has 66 valence electrons. The van der Waals surface area contributed by atoms with E-state index in [-0.39, 0.29) is 11.2 Å². The van der Waals surface area contributed by atoms with E-state index < -0.39 is 0 Å². The predicted octanol–water partition coefficient (Wildman–Crippen LogP) is 1.41. The van der Waals surface area contributed by atoms with Gasteiger partial charge in [0.25, 0.3) is 0 Å². The van der Waals surface area contributed by atoms with E-state index in [0.29, 0.717) is 19.1 Å². The molecule has 0 bridgehead atoms. The van der Waals surface area contributed by atoms with Gasteiger partial charge in [-0.1, -0.05) is 13.8 Å². The van der Waals surface area contributed by atoms with E-state index in [4.69, 9.17) is 15.9 Å². The van der Waals surface area contributed by atoms with Crippen LogP contribution in [0.1, 0.15) is 20.3 Å². The minimum atomic E-state index is -0.357. The molecule has 0 N–H and O–H groups in total. The van der Waals surface area contributed by atoms with Gasteiger partial charge < -0.3 is 9.47 Å². The first-order valence-corrected chi connectivity index (χ1v) is 4.36. The largest absolute Gasteiger partial charge is 0.347 e. The molecule has 0 amide bonds. The molecule has 1 heterocycles. The Morgan fingerprint density at radius 3 is 2.33 bits per heavy atom. The highest BCUT2D eigenvalue weighted by molar-refractivity contribution is 5.16. The zero-order chi connectivity index (χ0) is 8.82. The van der Waals surface area contributed by atoms with Crippen molar-refractivity contribution in [3.05, 3.63) is 0 Å². The first-order valence-electron chi connectivity index (χ1n) is 4.36. The maximum Gasteiger partial charge on any atom is 0.175 e. The van der Waals surface area contributed by atoms with Crippen LogP contribution < -0.4 is 0 Å². The molecule has 0 aromatic rings.